The molecule has 4 rings (SSSR count). The van der Waals surface area contributed by atoms with Crippen LogP contribution in [0.3, 0.4) is 0 Å². The fourth-order valence-electron chi connectivity index (χ4n) is 3.33. The standard InChI is InChI=1S/C25H24N4O4S/c1-17(33-22-14-7-6-13-21(22)32-2)24-27-28-25(29(24)19-10-4-3-5-11-19)34-16-23(31)26-18-9-8-12-20(30)15-18/h3-15,17,30H,16H2,1-2H3,(H,26,31). The fraction of sp³-hybridized carbons (Fsp3) is 0.160. The number of methoxy groups -OCH3 is 1. The Bertz CT molecular complexity index is 1260. The first-order valence-corrected chi connectivity index (χ1v) is 11.6. The highest BCUT2D eigenvalue weighted by atomic mass is 32.2. The third kappa shape index (κ3) is 5.49. The van der Waals surface area contributed by atoms with E-state index in [0.29, 0.717) is 28.2 Å². The predicted molar refractivity (Wildman–Crippen MR) is 131 cm³/mol. The van der Waals surface area contributed by atoms with Gasteiger partial charge in [-0.15, -0.1) is 10.2 Å². The Morgan fingerprint density at radius 3 is 2.50 bits per heavy atom. The first-order chi connectivity index (χ1) is 16.5. The Balaban J connectivity index is 1.55. The number of para-hydroxylation sites is 3. The molecule has 1 atom stereocenters. The molecule has 1 amide bonds. The van der Waals surface area contributed by atoms with Crippen LogP contribution in [0, 0.1) is 0 Å². The summed E-state index contributed by atoms with van der Waals surface area (Å²) in [4.78, 5) is 12.5. The van der Waals surface area contributed by atoms with Gasteiger partial charge < -0.3 is 19.9 Å². The molecule has 4 aromatic rings. The molecule has 1 heterocycles. The molecular weight excluding hydrogens is 452 g/mol. The van der Waals surface area contributed by atoms with Crippen LogP contribution in [0.2, 0.25) is 0 Å². The summed E-state index contributed by atoms with van der Waals surface area (Å²) in [7, 11) is 1.59. The summed E-state index contributed by atoms with van der Waals surface area (Å²) in [5, 5.41) is 21.6. The van der Waals surface area contributed by atoms with Gasteiger partial charge >= 0.3 is 0 Å². The average Bonchev–Trinajstić information content (AvgIpc) is 3.28. The minimum Gasteiger partial charge on any atom is -0.508 e. The molecule has 1 aromatic heterocycles. The molecule has 0 aliphatic heterocycles. The van der Waals surface area contributed by atoms with E-state index in [1.165, 1.54) is 17.8 Å². The van der Waals surface area contributed by atoms with Crippen LogP contribution in [0.4, 0.5) is 5.69 Å². The number of phenolic OH excluding ortho intramolecular Hbond substituents is 1. The largest absolute Gasteiger partial charge is 0.508 e. The Kier molecular flexibility index (Phi) is 7.34. The third-order valence-electron chi connectivity index (χ3n) is 4.87. The molecular formula is C25H24N4O4S. The number of carbonyl (C=O) groups excluding carboxylic acids is 1. The number of nitrogens with one attached hydrogen (secondary N) is 1. The van der Waals surface area contributed by atoms with Crippen LogP contribution in [-0.4, -0.2) is 38.6 Å². The molecule has 0 aliphatic carbocycles. The maximum atomic E-state index is 12.5. The van der Waals surface area contributed by atoms with Gasteiger partial charge in [0.1, 0.15) is 5.75 Å². The molecule has 0 radical (unpaired) electrons. The number of aromatic nitrogens is 3. The van der Waals surface area contributed by atoms with E-state index < -0.39 is 6.10 Å². The van der Waals surface area contributed by atoms with Crippen molar-refractivity contribution in [2.75, 3.05) is 18.2 Å². The normalized spacial score (nSPS) is 11.6. The average molecular weight is 477 g/mol. The molecule has 0 fully saturated rings. The predicted octanol–water partition coefficient (Wildman–Crippen LogP) is 4.85. The summed E-state index contributed by atoms with van der Waals surface area (Å²) in [6.07, 6.45) is -0.445. The second-order valence-corrected chi connectivity index (χ2v) is 8.25. The molecule has 0 saturated carbocycles. The summed E-state index contributed by atoms with van der Waals surface area (Å²) < 4.78 is 13.4. The van der Waals surface area contributed by atoms with E-state index in [2.05, 4.69) is 15.5 Å². The van der Waals surface area contributed by atoms with Crippen molar-refractivity contribution in [3.8, 4) is 22.9 Å². The summed E-state index contributed by atoms with van der Waals surface area (Å²) in [5.41, 5.74) is 1.38. The highest BCUT2D eigenvalue weighted by Crippen LogP contribution is 2.32. The van der Waals surface area contributed by atoms with Crippen molar-refractivity contribution >= 4 is 23.4 Å². The lowest BCUT2D eigenvalue weighted by atomic mass is 10.3. The van der Waals surface area contributed by atoms with Gasteiger partial charge in [-0.3, -0.25) is 9.36 Å². The van der Waals surface area contributed by atoms with Crippen molar-refractivity contribution in [3.63, 3.8) is 0 Å². The van der Waals surface area contributed by atoms with Crippen LogP contribution < -0.4 is 14.8 Å². The van der Waals surface area contributed by atoms with Gasteiger partial charge in [-0.2, -0.15) is 0 Å². The van der Waals surface area contributed by atoms with Crippen molar-refractivity contribution in [2.24, 2.45) is 0 Å². The number of rotatable bonds is 9. The van der Waals surface area contributed by atoms with Gasteiger partial charge in [-0.25, -0.2) is 0 Å². The lowest BCUT2D eigenvalue weighted by Crippen LogP contribution is -2.15. The van der Waals surface area contributed by atoms with Crippen molar-refractivity contribution in [2.45, 2.75) is 18.2 Å². The van der Waals surface area contributed by atoms with Crippen LogP contribution >= 0.6 is 11.8 Å². The molecule has 8 nitrogen and oxygen atoms in total. The van der Waals surface area contributed by atoms with Gasteiger partial charge in [0.25, 0.3) is 0 Å². The second kappa shape index (κ2) is 10.8. The zero-order chi connectivity index (χ0) is 23.9. The van der Waals surface area contributed by atoms with Crippen LogP contribution in [0.25, 0.3) is 5.69 Å². The van der Waals surface area contributed by atoms with E-state index in [-0.39, 0.29) is 17.4 Å². The van der Waals surface area contributed by atoms with Gasteiger partial charge in [-0.05, 0) is 43.3 Å². The molecule has 3 aromatic carbocycles. The number of amides is 1. The maximum absolute atomic E-state index is 12.5. The first-order valence-electron chi connectivity index (χ1n) is 10.6. The number of nitrogens with zero attached hydrogens (tertiary/aromatic N) is 3. The van der Waals surface area contributed by atoms with Crippen molar-refractivity contribution in [1.29, 1.82) is 0 Å². The lowest BCUT2D eigenvalue weighted by Gasteiger charge is -2.18. The lowest BCUT2D eigenvalue weighted by molar-refractivity contribution is -0.113. The molecule has 2 N–H and O–H groups in total. The van der Waals surface area contributed by atoms with E-state index >= 15 is 0 Å². The van der Waals surface area contributed by atoms with Crippen LogP contribution in [-0.2, 0) is 4.79 Å². The third-order valence-corrected chi connectivity index (χ3v) is 5.80. The number of anilines is 1. The van der Waals surface area contributed by atoms with E-state index in [1.807, 2.05) is 66.1 Å². The molecule has 9 heteroatoms. The topological polar surface area (TPSA) is 98.5 Å². The van der Waals surface area contributed by atoms with E-state index in [4.69, 9.17) is 9.47 Å². The Labute approximate surface area is 201 Å². The zero-order valence-electron chi connectivity index (χ0n) is 18.7. The monoisotopic (exact) mass is 476 g/mol. The van der Waals surface area contributed by atoms with Crippen molar-refractivity contribution < 1.29 is 19.4 Å². The number of thioether (sulfide) groups is 1. The summed E-state index contributed by atoms with van der Waals surface area (Å²) in [6, 6.07) is 23.5. The summed E-state index contributed by atoms with van der Waals surface area (Å²) in [5.74, 6) is 1.79. The van der Waals surface area contributed by atoms with Crippen molar-refractivity contribution in [3.05, 3.63) is 84.7 Å². The van der Waals surface area contributed by atoms with Crippen molar-refractivity contribution in [1.82, 2.24) is 14.8 Å². The number of hydrogen-bond acceptors (Lipinski definition) is 7. The highest BCUT2D eigenvalue weighted by molar-refractivity contribution is 7.99. The van der Waals surface area contributed by atoms with E-state index in [1.54, 1.807) is 25.3 Å². The van der Waals surface area contributed by atoms with Gasteiger partial charge in [0.05, 0.1) is 12.9 Å². The van der Waals surface area contributed by atoms with E-state index in [0.717, 1.165) is 5.69 Å². The number of benzene rings is 3. The van der Waals surface area contributed by atoms with E-state index in [9.17, 15) is 9.90 Å². The fourth-order valence-corrected chi connectivity index (χ4v) is 4.09. The molecule has 1 unspecified atom stereocenters. The Morgan fingerprint density at radius 1 is 1.03 bits per heavy atom. The zero-order valence-corrected chi connectivity index (χ0v) is 19.5. The Hall–Kier alpha value is -3.98. The molecule has 174 valence electrons. The van der Waals surface area contributed by atoms with Crippen LogP contribution in [0.5, 0.6) is 17.2 Å². The molecule has 0 bridgehead atoms. The maximum Gasteiger partial charge on any atom is 0.234 e. The Morgan fingerprint density at radius 2 is 1.76 bits per heavy atom. The highest BCUT2D eigenvalue weighted by Gasteiger charge is 2.22. The SMILES string of the molecule is COc1ccccc1OC(C)c1nnc(SCC(=O)Nc2cccc(O)c2)n1-c1ccccc1. The van der Waals surface area contributed by atoms with Gasteiger partial charge in [0.15, 0.2) is 28.6 Å². The molecule has 0 spiro atoms. The number of hydrogen-bond donors (Lipinski definition) is 2. The van der Waals surface area contributed by atoms with Crippen LogP contribution in [0.15, 0.2) is 84.0 Å². The van der Waals surface area contributed by atoms with Crippen LogP contribution in [0.1, 0.15) is 18.9 Å². The summed E-state index contributed by atoms with van der Waals surface area (Å²) >= 11 is 1.26. The molecule has 0 saturated heterocycles. The quantitative estimate of drug-likeness (QED) is 0.333. The van der Waals surface area contributed by atoms with Gasteiger partial charge in [-0.1, -0.05) is 48.2 Å². The number of aromatic hydroxyl groups is 1. The number of ether oxygens (including phenoxy) is 2. The smallest absolute Gasteiger partial charge is 0.234 e. The first kappa shape index (κ1) is 23.2. The minimum absolute atomic E-state index is 0.0861. The van der Waals surface area contributed by atoms with Gasteiger partial charge in [0, 0.05) is 17.4 Å². The number of carbonyl (C=O) groups is 1. The van der Waals surface area contributed by atoms with Gasteiger partial charge in [0.2, 0.25) is 5.91 Å². The second-order valence-electron chi connectivity index (χ2n) is 7.31. The molecule has 0 aliphatic rings. The number of phenols is 1. The minimum atomic E-state index is -0.445. The molecule has 34 heavy (non-hydrogen) atoms. The summed E-state index contributed by atoms with van der Waals surface area (Å²) in [6.45, 7) is 1.89.